The van der Waals surface area contributed by atoms with Gasteiger partial charge in [0.2, 0.25) is 0 Å². The monoisotopic (exact) mass is 403 g/mol. The second-order valence-corrected chi connectivity index (χ2v) is 7.50. The molecule has 3 rings (SSSR count). The van der Waals surface area contributed by atoms with Crippen LogP contribution in [0.3, 0.4) is 0 Å². The normalized spacial score (nSPS) is 12.1. The van der Waals surface area contributed by atoms with Gasteiger partial charge in [-0.2, -0.15) is 0 Å². The van der Waals surface area contributed by atoms with Crippen molar-refractivity contribution in [3.8, 4) is 0 Å². The molecule has 1 atom stereocenters. The summed E-state index contributed by atoms with van der Waals surface area (Å²) in [5.41, 5.74) is 1.01. The average Bonchev–Trinajstić information content (AvgIpc) is 3.13. The van der Waals surface area contributed by atoms with Gasteiger partial charge in [-0.3, -0.25) is 9.78 Å². The fourth-order valence-electron chi connectivity index (χ4n) is 2.80. The van der Waals surface area contributed by atoms with E-state index in [1.54, 1.807) is 12.3 Å². The molecule has 1 N–H and O–H groups in total. The number of esters is 1. The minimum Gasteiger partial charge on any atom is -0.469 e. The Labute approximate surface area is 166 Å². The third-order valence-electron chi connectivity index (χ3n) is 4.38. The van der Waals surface area contributed by atoms with Crippen LogP contribution in [0.5, 0.6) is 0 Å². The molecule has 0 spiro atoms. The molecule has 3 heterocycles. The van der Waals surface area contributed by atoms with Crippen molar-refractivity contribution in [3.63, 3.8) is 0 Å². The van der Waals surface area contributed by atoms with E-state index in [0.29, 0.717) is 17.0 Å². The molecule has 0 aliphatic rings. The Hall–Kier alpha value is -2.68. The number of aryl methyl sites for hydroxylation is 1. The predicted octanol–water partition coefficient (Wildman–Crippen LogP) is 3.75. The van der Waals surface area contributed by atoms with E-state index in [4.69, 9.17) is 4.74 Å². The quantitative estimate of drug-likeness (QED) is 0.430. The lowest BCUT2D eigenvalue weighted by atomic mass is 10.0. The zero-order chi connectivity index (χ0) is 19.9. The van der Waals surface area contributed by atoms with Crippen molar-refractivity contribution in [2.75, 3.05) is 12.4 Å². The molecule has 148 valence electrons. The maximum absolute atomic E-state index is 13.7. The van der Waals surface area contributed by atoms with Crippen molar-refractivity contribution < 1.29 is 13.9 Å². The Bertz CT molecular complexity index is 949. The molecule has 0 amide bonds. The summed E-state index contributed by atoms with van der Waals surface area (Å²) in [5.74, 6) is -0.0540. The number of rotatable bonds is 9. The fourth-order valence-corrected chi connectivity index (χ4v) is 3.74. The highest BCUT2D eigenvalue weighted by atomic mass is 32.1. The molecule has 28 heavy (non-hydrogen) atoms. The fraction of sp³-hybridized carbons (Fsp3) is 0.421. The van der Waals surface area contributed by atoms with E-state index in [1.807, 2.05) is 6.92 Å². The van der Waals surface area contributed by atoms with Crippen molar-refractivity contribution in [1.82, 2.24) is 19.9 Å². The number of nitrogens with one attached hydrogen (secondary N) is 1. The molecule has 9 heteroatoms. The zero-order valence-corrected chi connectivity index (χ0v) is 16.6. The van der Waals surface area contributed by atoms with Gasteiger partial charge < -0.3 is 10.1 Å². The number of fused-ring (bicyclic) bond motifs is 1. The maximum atomic E-state index is 13.7. The van der Waals surface area contributed by atoms with Gasteiger partial charge in [-0.05, 0) is 31.4 Å². The number of ether oxygens (including phenoxy) is 1. The van der Waals surface area contributed by atoms with Crippen LogP contribution in [0.25, 0.3) is 10.3 Å². The van der Waals surface area contributed by atoms with Gasteiger partial charge in [0.25, 0.3) is 0 Å². The van der Waals surface area contributed by atoms with Crippen molar-refractivity contribution in [2.24, 2.45) is 5.92 Å². The number of unbranched alkanes of at least 4 members (excludes halogenated alkanes) is 1. The maximum Gasteiger partial charge on any atom is 0.308 e. The molecule has 3 aromatic rings. The smallest absolute Gasteiger partial charge is 0.308 e. The highest BCUT2D eigenvalue weighted by Gasteiger charge is 2.14. The Balaban J connectivity index is 1.60. The van der Waals surface area contributed by atoms with Crippen LogP contribution in [0, 0.1) is 11.7 Å². The summed E-state index contributed by atoms with van der Waals surface area (Å²) in [6.45, 7) is 2.10. The van der Waals surface area contributed by atoms with E-state index in [1.165, 1.54) is 30.8 Å². The molecular formula is C19H22FN5O2S. The van der Waals surface area contributed by atoms with Crippen molar-refractivity contribution in [1.29, 1.82) is 0 Å². The number of anilines is 1. The molecule has 0 saturated carbocycles. The summed E-state index contributed by atoms with van der Waals surface area (Å²) in [4.78, 5) is 29.4. The van der Waals surface area contributed by atoms with Gasteiger partial charge in [-0.1, -0.05) is 24.7 Å². The van der Waals surface area contributed by atoms with Crippen LogP contribution in [0.2, 0.25) is 0 Å². The van der Waals surface area contributed by atoms with Crippen LogP contribution in [0.15, 0.2) is 24.7 Å². The molecule has 0 aromatic carbocycles. The first kappa shape index (κ1) is 20.1. The molecule has 0 radical (unpaired) electrons. The SMILES string of the molecule is COC(=O)[C@@H](C)CCCCc1nc2c(NCc3ncccc3F)ncnc2s1. The summed E-state index contributed by atoms with van der Waals surface area (Å²) in [5, 5.41) is 4.06. The van der Waals surface area contributed by atoms with E-state index in [2.05, 4.69) is 25.3 Å². The largest absolute Gasteiger partial charge is 0.469 e. The second kappa shape index (κ2) is 9.50. The van der Waals surface area contributed by atoms with E-state index < -0.39 is 0 Å². The number of pyridine rings is 1. The molecule has 0 unspecified atom stereocenters. The lowest BCUT2D eigenvalue weighted by Gasteiger charge is -2.07. The number of thiazole rings is 1. The lowest BCUT2D eigenvalue weighted by Crippen LogP contribution is -2.12. The topological polar surface area (TPSA) is 89.9 Å². The van der Waals surface area contributed by atoms with Crippen LogP contribution in [0.1, 0.15) is 36.9 Å². The summed E-state index contributed by atoms with van der Waals surface area (Å²) in [6.07, 6.45) is 6.47. The lowest BCUT2D eigenvalue weighted by molar-refractivity contribution is -0.145. The number of halogens is 1. The van der Waals surface area contributed by atoms with Crippen molar-refractivity contribution in [3.05, 3.63) is 41.2 Å². The number of methoxy groups -OCH3 is 1. The van der Waals surface area contributed by atoms with Gasteiger partial charge in [-0.15, -0.1) is 0 Å². The number of carbonyl (C=O) groups is 1. The highest BCUT2D eigenvalue weighted by Crippen LogP contribution is 2.26. The van der Waals surface area contributed by atoms with Gasteiger partial charge >= 0.3 is 5.97 Å². The molecule has 7 nitrogen and oxygen atoms in total. The number of hydrogen-bond donors (Lipinski definition) is 1. The number of hydrogen-bond acceptors (Lipinski definition) is 8. The predicted molar refractivity (Wildman–Crippen MR) is 105 cm³/mol. The Morgan fingerprint density at radius 1 is 1.32 bits per heavy atom. The molecule has 0 aliphatic heterocycles. The van der Waals surface area contributed by atoms with Crippen molar-refractivity contribution >= 4 is 33.5 Å². The summed E-state index contributed by atoms with van der Waals surface area (Å²) >= 11 is 1.52. The van der Waals surface area contributed by atoms with Crippen molar-refractivity contribution in [2.45, 2.75) is 39.2 Å². The van der Waals surface area contributed by atoms with Crippen LogP contribution in [0.4, 0.5) is 10.2 Å². The third-order valence-corrected chi connectivity index (χ3v) is 5.40. The van der Waals surface area contributed by atoms with E-state index in [0.717, 1.165) is 35.5 Å². The Kier molecular flexibility index (Phi) is 6.80. The first-order chi connectivity index (χ1) is 13.6. The number of aromatic nitrogens is 4. The summed E-state index contributed by atoms with van der Waals surface area (Å²) < 4.78 is 18.5. The third kappa shape index (κ3) is 4.98. The standard InChI is InChI=1S/C19H22FN5O2S/c1-12(19(26)27-2)6-3-4-8-15-25-16-17(23-11-24-18(16)28-15)22-10-14-13(20)7-5-9-21-14/h5,7,9,11-12H,3-4,6,8,10H2,1-2H3,(H,22,23,24)/t12-/m0/s1. The van der Waals surface area contributed by atoms with Crippen LogP contribution >= 0.6 is 11.3 Å². The Morgan fingerprint density at radius 2 is 2.18 bits per heavy atom. The molecule has 0 bridgehead atoms. The van der Waals surface area contributed by atoms with Gasteiger partial charge in [0.15, 0.2) is 5.82 Å². The zero-order valence-electron chi connectivity index (χ0n) is 15.8. The molecule has 3 aromatic heterocycles. The van der Waals surface area contributed by atoms with Gasteiger partial charge in [-0.25, -0.2) is 19.3 Å². The first-order valence-electron chi connectivity index (χ1n) is 9.10. The number of nitrogens with zero attached hydrogens (tertiary/aromatic N) is 4. The van der Waals surface area contributed by atoms with Gasteiger partial charge in [0.05, 0.1) is 30.3 Å². The summed E-state index contributed by atoms with van der Waals surface area (Å²) in [7, 11) is 1.41. The first-order valence-corrected chi connectivity index (χ1v) is 9.91. The van der Waals surface area contributed by atoms with E-state index in [9.17, 15) is 9.18 Å². The Morgan fingerprint density at radius 3 is 2.96 bits per heavy atom. The van der Waals surface area contributed by atoms with Crippen LogP contribution < -0.4 is 5.32 Å². The van der Waals surface area contributed by atoms with Crippen LogP contribution in [-0.2, 0) is 22.5 Å². The second-order valence-electron chi connectivity index (χ2n) is 6.44. The molecule has 0 aliphatic carbocycles. The highest BCUT2D eigenvalue weighted by molar-refractivity contribution is 7.18. The molecule has 0 fully saturated rings. The number of carbonyl (C=O) groups excluding carboxylic acids is 1. The minimum absolute atomic E-state index is 0.0889. The summed E-state index contributed by atoms with van der Waals surface area (Å²) in [6, 6.07) is 2.93. The molecule has 0 saturated heterocycles. The van der Waals surface area contributed by atoms with Gasteiger partial charge in [0.1, 0.15) is 22.5 Å². The van der Waals surface area contributed by atoms with E-state index in [-0.39, 0.29) is 24.2 Å². The minimum atomic E-state index is -0.361. The average molecular weight is 403 g/mol. The van der Waals surface area contributed by atoms with Crippen LogP contribution in [-0.4, -0.2) is 33.0 Å². The van der Waals surface area contributed by atoms with Gasteiger partial charge in [0, 0.05) is 6.20 Å². The van der Waals surface area contributed by atoms with E-state index >= 15 is 0 Å². The molecular weight excluding hydrogens is 381 g/mol.